The second-order valence-electron chi connectivity index (χ2n) is 6.12. The molecule has 2 aromatic carbocycles. The van der Waals surface area contributed by atoms with Crippen LogP contribution in [0.1, 0.15) is 18.4 Å². The molecule has 0 aliphatic rings. The van der Waals surface area contributed by atoms with Gasteiger partial charge in [0.1, 0.15) is 0 Å². The van der Waals surface area contributed by atoms with Crippen LogP contribution in [0.2, 0.25) is 0 Å². The molecule has 2 aromatic rings. The Morgan fingerprint density at radius 2 is 1.44 bits per heavy atom. The zero-order chi connectivity index (χ0) is 24.3. The van der Waals surface area contributed by atoms with E-state index in [1.807, 2.05) is 6.07 Å². The summed E-state index contributed by atoms with van der Waals surface area (Å²) >= 11 is 5.57. The Bertz CT molecular complexity index is 1030. The fourth-order valence-corrected chi connectivity index (χ4v) is 3.38. The average molecular weight is 491 g/mol. The van der Waals surface area contributed by atoms with Gasteiger partial charge in [-0.1, -0.05) is 30.3 Å². The van der Waals surface area contributed by atoms with Crippen LogP contribution in [0.5, 0.6) is 0 Å². The second-order valence-corrected chi connectivity index (χ2v) is 7.85. The van der Waals surface area contributed by atoms with Crippen LogP contribution < -0.4 is 5.32 Å². The lowest BCUT2D eigenvalue weighted by Gasteiger charge is -2.03. The van der Waals surface area contributed by atoms with Crippen molar-refractivity contribution in [3.63, 3.8) is 0 Å². The maximum Gasteiger partial charge on any atom is 0.308 e. The summed E-state index contributed by atoms with van der Waals surface area (Å²) in [6, 6.07) is 10.8. The zero-order valence-electron chi connectivity index (χ0n) is 16.4. The molecule has 0 fully saturated rings. The van der Waals surface area contributed by atoms with Gasteiger partial charge in [0.05, 0.1) is 26.9 Å². The van der Waals surface area contributed by atoms with E-state index in [2.05, 4.69) is 29.6 Å². The van der Waals surface area contributed by atoms with Crippen LogP contribution >= 0.6 is 11.6 Å². The summed E-state index contributed by atoms with van der Waals surface area (Å²) in [6.45, 7) is 2.02. The van der Waals surface area contributed by atoms with Gasteiger partial charge in [0.2, 0.25) is 4.90 Å². The number of unbranched alkanes of at least 4 members (excludes halogenated alkanes) is 1. The monoisotopic (exact) mass is 490 g/mol. The van der Waals surface area contributed by atoms with Gasteiger partial charge in [-0.3, -0.25) is 34.9 Å². The Morgan fingerprint density at radius 3 is 1.84 bits per heavy atom. The topological polar surface area (TPSA) is 196 Å². The number of halogens is 1. The predicted molar refractivity (Wildman–Crippen MR) is 114 cm³/mol. The highest BCUT2D eigenvalue weighted by Gasteiger charge is 2.37. The summed E-state index contributed by atoms with van der Waals surface area (Å²) in [4.78, 5) is 26.1. The largest absolute Gasteiger partial charge is 0.313 e. The zero-order valence-corrected chi connectivity index (χ0v) is 18.0. The predicted octanol–water partition coefficient (Wildman–Crippen LogP) is 3.45. The van der Waals surface area contributed by atoms with Gasteiger partial charge in [-0.15, -0.1) is 11.6 Å². The summed E-state index contributed by atoms with van der Waals surface area (Å²) in [5, 5.41) is 35.0. The fourth-order valence-electron chi connectivity index (χ4n) is 2.40. The number of non-ortho nitro benzene ring substituents is 1. The molecule has 2 N–H and O–H groups in total. The minimum Gasteiger partial charge on any atom is -0.313 e. The molecule has 13 nitrogen and oxygen atoms in total. The molecule has 32 heavy (non-hydrogen) atoms. The van der Waals surface area contributed by atoms with E-state index in [-0.39, 0.29) is 12.1 Å². The van der Waals surface area contributed by atoms with E-state index >= 15 is 0 Å². The Morgan fingerprint density at radius 1 is 0.906 bits per heavy atom. The number of alkyl halides is 1. The number of hydrogen-bond acceptors (Lipinski definition) is 9. The Labute approximate surface area is 187 Å². The Balaban J connectivity index is 0.000000343. The van der Waals surface area contributed by atoms with Crippen LogP contribution in [0, 0.1) is 30.3 Å². The molecule has 0 aliphatic carbocycles. The molecule has 0 bridgehead atoms. The van der Waals surface area contributed by atoms with Crippen molar-refractivity contribution in [3.05, 3.63) is 78.4 Å². The van der Waals surface area contributed by atoms with Crippen molar-refractivity contribution in [2.24, 2.45) is 0 Å². The molecule has 0 unspecified atom stereocenters. The molecule has 0 saturated carbocycles. The molecule has 0 aliphatic heterocycles. The first-order valence-electron chi connectivity index (χ1n) is 8.88. The van der Waals surface area contributed by atoms with Crippen LogP contribution in [0.4, 0.5) is 17.1 Å². The first kappa shape index (κ1) is 26.8. The smallest absolute Gasteiger partial charge is 0.308 e. The summed E-state index contributed by atoms with van der Waals surface area (Å²) in [6.07, 6.45) is 2.26. The Hall–Kier alpha value is -3.20. The van der Waals surface area contributed by atoms with E-state index in [0.29, 0.717) is 0 Å². The van der Waals surface area contributed by atoms with Crippen molar-refractivity contribution < 1.29 is 27.7 Å². The van der Waals surface area contributed by atoms with Crippen LogP contribution in [0.15, 0.2) is 47.4 Å². The van der Waals surface area contributed by atoms with Crippen molar-refractivity contribution >= 4 is 38.8 Å². The molecule has 15 heteroatoms. The molecule has 0 amide bonds. The van der Waals surface area contributed by atoms with Gasteiger partial charge < -0.3 is 5.32 Å². The van der Waals surface area contributed by atoms with Gasteiger partial charge in [0.25, 0.3) is 5.69 Å². The Kier molecular flexibility index (Phi) is 10.6. The number of nitrogens with zero attached hydrogens (tertiary/aromatic N) is 3. The van der Waals surface area contributed by atoms with Gasteiger partial charge >= 0.3 is 21.5 Å². The first-order chi connectivity index (χ1) is 15.0. The molecule has 0 saturated heterocycles. The SMILES string of the molecule is ClCCCCNCc1ccccc1.O=[N+]([O-])c1cc([N+](=O)[O-])c(S(=O)(=O)O)c([N+](=O)[O-])c1. The lowest BCUT2D eigenvalue weighted by Crippen LogP contribution is -2.14. The van der Waals surface area contributed by atoms with Gasteiger partial charge in [-0.05, 0) is 24.9 Å². The summed E-state index contributed by atoms with van der Waals surface area (Å²) in [5.74, 6) is 0.771. The van der Waals surface area contributed by atoms with E-state index in [9.17, 15) is 38.8 Å². The lowest BCUT2D eigenvalue weighted by molar-refractivity contribution is -0.407. The second kappa shape index (κ2) is 12.6. The molecular weight excluding hydrogens is 472 g/mol. The molecule has 0 atom stereocenters. The fraction of sp³-hybridized carbons (Fsp3) is 0.294. The quantitative estimate of drug-likeness (QED) is 0.163. The molecule has 0 spiro atoms. The molecule has 0 radical (unpaired) electrons. The minimum atomic E-state index is -5.30. The van der Waals surface area contributed by atoms with E-state index in [1.165, 1.54) is 5.56 Å². The maximum atomic E-state index is 10.9. The third-order valence-electron chi connectivity index (χ3n) is 3.81. The third-order valence-corrected chi connectivity index (χ3v) is 5.01. The number of benzene rings is 2. The summed E-state index contributed by atoms with van der Waals surface area (Å²) in [7, 11) is -5.30. The third kappa shape index (κ3) is 8.50. The van der Waals surface area contributed by atoms with Gasteiger partial charge in [0.15, 0.2) is 0 Å². The first-order valence-corrected chi connectivity index (χ1v) is 10.9. The molecule has 174 valence electrons. The number of nitro groups is 3. The van der Waals surface area contributed by atoms with Crippen molar-refractivity contribution in [3.8, 4) is 0 Å². The van der Waals surface area contributed by atoms with Crippen LogP contribution in [-0.4, -0.2) is 40.2 Å². The van der Waals surface area contributed by atoms with E-state index in [4.69, 9.17) is 16.2 Å². The van der Waals surface area contributed by atoms with Crippen molar-refractivity contribution in [1.82, 2.24) is 5.32 Å². The van der Waals surface area contributed by atoms with Crippen molar-refractivity contribution in [1.29, 1.82) is 0 Å². The minimum absolute atomic E-state index is 0.204. The number of nitro benzene ring substituents is 3. The number of nitrogens with one attached hydrogen (secondary N) is 1. The highest BCUT2D eigenvalue weighted by molar-refractivity contribution is 7.86. The van der Waals surface area contributed by atoms with Crippen LogP contribution in [0.25, 0.3) is 0 Å². The highest BCUT2D eigenvalue weighted by Crippen LogP contribution is 2.36. The molecular formula is C17H19ClN4O9S. The molecule has 0 heterocycles. The average Bonchev–Trinajstić information content (AvgIpc) is 2.73. The van der Waals surface area contributed by atoms with E-state index < -0.39 is 46.8 Å². The van der Waals surface area contributed by atoms with Gasteiger partial charge in [0, 0.05) is 12.4 Å². The van der Waals surface area contributed by atoms with Crippen molar-refractivity contribution in [2.45, 2.75) is 24.3 Å². The number of hydrogen-bond donors (Lipinski definition) is 2. The van der Waals surface area contributed by atoms with Crippen molar-refractivity contribution in [2.75, 3.05) is 12.4 Å². The standard InChI is InChI=1S/C11H16ClN.C6H3N3O9S/c12-8-4-5-9-13-10-11-6-2-1-3-7-11;10-7(11)3-1-4(8(12)13)6(19(16,17)18)5(2-3)9(14)15/h1-3,6-7,13H,4-5,8-10H2;1-2H,(H,16,17,18). The lowest BCUT2D eigenvalue weighted by atomic mass is 10.2. The summed E-state index contributed by atoms with van der Waals surface area (Å²) in [5.41, 5.74) is -2.62. The van der Waals surface area contributed by atoms with Gasteiger partial charge in [-0.25, -0.2) is 0 Å². The van der Waals surface area contributed by atoms with Gasteiger partial charge in [-0.2, -0.15) is 8.42 Å². The normalized spacial score (nSPS) is 10.7. The molecule has 2 rings (SSSR count). The van der Waals surface area contributed by atoms with E-state index in [1.54, 1.807) is 0 Å². The summed E-state index contributed by atoms with van der Waals surface area (Å²) < 4.78 is 30.7. The maximum absolute atomic E-state index is 10.9. The van der Waals surface area contributed by atoms with Crippen LogP contribution in [0.3, 0.4) is 0 Å². The highest BCUT2D eigenvalue weighted by atomic mass is 35.5. The van der Waals surface area contributed by atoms with Crippen LogP contribution in [-0.2, 0) is 16.7 Å². The number of rotatable bonds is 10. The van der Waals surface area contributed by atoms with E-state index in [0.717, 1.165) is 31.8 Å². The molecule has 0 aromatic heterocycles.